The van der Waals surface area contributed by atoms with Gasteiger partial charge < -0.3 is 18.9 Å². The smallest absolute Gasteiger partial charge is 0.333 e. The fourth-order valence-electron chi connectivity index (χ4n) is 3.30. The highest BCUT2D eigenvalue weighted by atomic mass is 16.7. The Morgan fingerprint density at radius 3 is 2.70 bits per heavy atom. The van der Waals surface area contributed by atoms with Crippen LogP contribution in [0.25, 0.3) is 0 Å². The van der Waals surface area contributed by atoms with Gasteiger partial charge in [0.1, 0.15) is 11.7 Å². The molecule has 3 rings (SSSR count). The van der Waals surface area contributed by atoms with Gasteiger partial charge in [0.05, 0.1) is 18.4 Å². The molecule has 0 aliphatic carbocycles. The minimum atomic E-state index is -1.01. The Hall–Kier alpha value is -1.89. The zero-order valence-electron chi connectivity index (χ0n) is 13.4. The van der Waals surface area contributed by atoms with Crippen molar-refractivity contribution in [3.8, 4) is 0 Å². The number of rotatable bonds is 5. The Morgan fingerprint density at radius 2 is 2.04 bits per heavy atom. The molecule has 3 fully saturated rings. The standard InChI is InChI=1S/C16H20O7/c1-7(2)14(18)23-16(3,4)6-10(17)21-12-9-5-8-11(20-9)13(12)22-15(8)19/h8-9,11-13H,1,5-6H2,2-4H3. The second-order valence-electron chi connectivity index (χ2n) is 6.94. The molecule has 0 aromatic rings. The molecule has 3 aliphatic heterocycles. The Morgan fingerprint density at radius 1 is 1.35 bits per heavy atom. The van der Waals surface area contributed by atoms with Crippen LogP contribution in [0.3, 0.4) is 0 Å². The van der Waals surface area contributed by atoms with E-state index >= 15 is 0 Å². The number of esters is 3. The van der Waals surface area contributed by atoms with Crippen LogP contribution >= 0.6 is 0 Å². The minimum Gasteiger partial charge on any atom is -0.456 e. The van der Waals surface area contributed by atoms with Crippen LogP contribution in [0.5, 0.6) is 0 Å². The second kappa shape index (κ2) is 5.33. The summed E-state index contributed by atoms with van der Waals surface area (Å²) in [5.41, 5.74) is -0.752. The summed E-state index contributed by atoms with van der Waals surface area (Å²) in [5.74, 6) is -1.59. The van der Waals surface area contributed by atoms with E-state index in [1.54, 1.807) is 13.8 Å². The molecule has 5 atom stereocenters. The van der Waals surface area contributed by atoms with Crippen molar-refractivity contribution in [3.63, 3.8) is 0 Å². The summed E-state index contributed by atoms with van der Waals surface area (Å²) in [7, 11) is 0. The summed E-state index contributed by atoms with van der Waals surface area (Å²) in [6.45, 7) is 8.29. The fourth-order valence-corrected chi connectivity index (χ4v) is 3.30. The number of fused-ring (bicyclic) bond motifs is 1. The van der Waals surface area contributed by atoms with Crippen molar-refractivity contribution in [1.29, 1.82) is 0 Å². The van der Waals surface area contributed by atoms with Gasteiger partial charge in [0.2, 0.25) is 0 Å². The Labute approximate surface area is 133 Å². The predicted molar refractivity (Wildman–Crippen MR) is 76.1 cm³/mol. The van der Waals surface area contributed by atoms with E-state index in [1.807, 2.05) is 0 Å². The van der Waals surface area contributed by atoms with Gasteiger partial charge in [-0.05, 0) is 27.2 Å². The topological polar surface area (TPSA) is 88.1 Å². The molecule has 2 bridgehead atoms. The molecule has 0 aromatic carbocycles. The summed E-state index contributed by atoms with van der Waals surface area (Å²) in [4.78, 5) is 35.4. The number of ether oxygens (including phenoxy) is 4. The number of carbonyl (C=O) groups excluding carboxylic acids is 3. The molecule has 23 heavy (non-hydrogen) atoms. The zero-order chi connectivity index (χ0) is 16.9. The average Bonchev–Trinajstić information content (AvgIpc) is 3.02. The van der Waals surface area contributed by atoms with Crippen LogP contribution in [0.1, 0.15) is 33.6 Å². The van der Waals surface area contributed by atoms with Gasteiger partial charge in [0.15, 0.2) is 12.2 Å². The molecule has 0 N–H and O–H groups in total. The number of carbonyl (C=O) groups is 3. The van der Waals surface area contributed by atoms with E-state index < -0.39 is 29.7 Å². The number of hydrogen-bond donors (Lipinski definition) is 0. The summed E-state index contributed by atoms with van der Waals surface area (Å²) >= 11 is 0. The van der Waals surface area contributed by atoms with Crippen LogP contribution in [0.4, 0.5) is 0 Å². The minimum absolute atomic E-state index is 0.107. The summed E-state index contributed by atoms with van der Waals surface area (Å²) in [6, 6.07) is 0. The van der Waals surface area contributed by atoms with Gasteiger partial charge in [-0.1, -0.05) is 6.58 Å². The van der Waals surface area contributed by atoms with Gasteiger partial charge in [-0.3, -0.25) is 9.59 Å². The van der Waals surface area contributed by atoms with Gasteiger partial charge >= 0.3 is 17.9 Å². The Kier molecular flexibility index (Phi) is 3.71. The molecule has 3 aliphatic rings. The van der Waals surface area contributed by atoms with Crippen molar-refractivity contribution in [2.45, 2.75) is 63.6 Å². The lowest BCUT2D eigenvalue weighted by Crippen LogP contribution is -2.41. The molecule has 0 amide bonds. The van der Waals surface area contributed by atoms with Crippen LogP contribution in [0, 0.1) is 5.92 Å². The van der Waals surface area contributed by atoms with Gasteiger partial charge in [0, 0.05) is 5.57 Å². The molecular formula is C16H20O7. The molecule has 0 spiro atoms. The zero-order valence-corrected chi connectivity index (χ0v) is 13.4. The van der Waals surface area contributed by atoms with Gasteiger partial charge in [-0.25, -0.2) is 4.79 Å². The van der Waals surface area contributed by atoms with E-state index in [1.165, 1.54) is 6.92 Å². The van der Waals surface area contributed by atoms with Crippen LogP contribution in [0.2, 0.25) is 0 Å². The third kappa shape index (κ3) is 2.85. The van der Waals surface area contributed by atoms with Gasteiger partial charge in [-0.15, -0.1) is 0 Å². The van der Waals surface area contributed by atoms with Crippen LogP contribution < -0.4 is 0 Å². The first-order valence-electron chi connectivity index (χ1n) is 7.62. The van der Waals surface area contributed by atoms with Gasteiger partial charge in [0.25, 0.3) is 0 Å². The highest BCUT2D eigenvalue weighted by Crippen LogP contribution is 2.47. The van der Waals surface area contributed by atoms with E-state index in [4.69, 9.17) is 18.9 Å². The first-order valence-corrected chi connectivity index (χ1v) is 7.62. The van der Waals surface area contributed by atoms with Crippen molar-refractivity contribution >= 4 is 17.9 Å². The van der Waals surface area contributed by atoms with E-state index in [0.717, 1.165) is 0 Å². The van der Waals surface area contributed by atoms with Crippen molar-refractivity contribution < 1.29 is 33.3 Å². The van der Waals surface area contributed by atoms with Crippen molar-refractivity contribution in [1.82, 2.24) is 0 Å². The van der Waals surface area contributed by atoms with Crippen LogP contribution in [-0.2, 0) is 33.3 Å². The summed E-state index contributed by atoms with van der Waals surface area (Å²) in [6.07, 6.45) is -1.29. The first-order chi connectivity index (χ1) is 10.7. The molecule has 0 aromatic heterocycles. The molecule has 7 nitrogen and oxygen atoms in total. The van der Waals surface area contributed by atoms with E-state index in [-0.39, 0.29) is 36.1 Å². The maximum absolute atomic E-state index is 12.2. The molecule has 3 saturated heterocycles. The maximum Gasteiger partial charge on any atom is 0.333 e. The fraction of sp³-hybridized carbons (Fsp3) is 0.688. The normalized spacial score (nSPS) is 34.2. The van der Waals surface area contributed by atoms with Crippen LogP contribution in [0.15, 0.2) is 12.2 Å². The molecule has 126 valence electrons. The Bertz CT molecular complexity index is 579. The van der Waals surface area contributed by atoms with Crippen molar-refractivity contribution in [2.24, 2.45) is 5.92 Å². The SMILES string of the molecule is C=C(C)C(=O)OC(C)(C)CC(=O)OC1C2CC3C(=O)OC1C3O2. The lowest BCUT2D eigenvalue weighted by Gasteiger charge is -2.27. The van der Waals surface area contributed by atoms with Crippen molar-refractivity contribution in [2.75, 3.05) is 0 Å². The summed E-state index contributed by atoms with van der Waals surface area (Å²) in [5, 5.41) is 0. The highest BCUT2D eigenvalue weighted by molar-refractivity contribution is 5.87. The summed E-state index contributed by atoms with van der Waals surface area (Å²) < 4.78 is 21.6. The molecule has 5 unspecified atom stereocenters. The van der Waals surface area contributed by atoms with Gasteiger partial charge in [-0.2, -0.15) is 0 Å². The van der Waals surface area contributed by atoms with E-state index in [9.17, 15) is 14.4 Å². The van der Waals surface area contributed by atoms with E-state index in [2.05, 4.69) is 6.58 Å². The monoisotopic (exact) mass is 324 g/mol. The maximum atomic E-state index is 12.2. The molecule has 3 heterocycles. The predicted octanol–water partition coefficient (Wildman–Crippen LogP) is 0.899. The first kappa shape index (κ1) is 16.0. The lowest BCUT2D eigenvalue weighted by atomic mass is 9.88. The van der Waals surface area contributed by atoms with Crippen LogP contribution in [-0.4, -0.2) is 47.9 Å². The third-order valence-electron chi connectivity index (χ3n) is 4.34. The Balaban J connectivity index is 1.57. The molecular weight excluding hydrogens is 304 g/mol. The lowest BCUT2D eigenvalue weighted by molar-refractivity contribution is -0.168. The van der Waals surface area contributed by atoms with Crippen molar-refractivity contribution in [3.05, 3.63) is 12.2 Å². The highest BCUT2D eigenvalue weighted by Gasteiger charge is 2.65. The molecule has 0 radical (unpaired) electrons. The quantitative estimate of drug-likeness (QED) is 0.422. The molecule has 7 heteroatoms. The largest absolute Gasteiger partial charge is 0.456 e. The number of hydrogen-bond acceptors (Lipinski definition) is 7. The molecule has 0 saturated carbocycles. The second-order valence-corrected chi connectivity index (χ2v) is 6.94. The van der Waals surface area contributed by atoms with E-state index in [0.29, 0.717) is 6.42 Å². The third-order valence-corrected chi connectivity index (χ3v) is 4.34. The average molecular weight is 324 g/mol.